The molecular formula is C39H78O4. The van der Waals surface area contributed by atoms with Crippen molar-refractivity contribution in [2.24, 2.45) is 10.8 Å². The molecule has 4 N–H and O–H groups in total. The number of aliphatic hydroxyl groups excluding tert-OH is 4. The zero-order chi connectivity index (χ0) is 31.2. The summed E-state index contributed by atoms with van der Waals surface area (Å²) in [7, 11) is 0. The monoisotopic (exact) mass is 611 g/mol. The largest absolute Gasteiger partial charge is 0.396 e. The summed E-state index contributed by atoms with van der Waals surface area (Å²) in [6.45, 7) is -0.704. The van der Waals surface area contributed by atoms with E-state index in [1.165, 1.54) is 173 Å². The van der Waals surface area contributed by atoms with Crippen LogP contribution < -0.4 is 0 Å². The van der Waals surface area contributed by atoms with E-state index >= 15 is 0 Å². The Balaban J connectivity index is 2.44. The van der Waals surface area contributed by atoms with E-state index in [9.17, 15) is 20.4 Å². The lowest BCUT2D eigenvalue weighted by atomic mass is 9.60. The second-order valence-corrected chi connectivity index (χ2v) is 14.7. The first-order chi connectivity index (χ1) is 21.2. The first-order valence-electron chi connectivity index (χ1n) is 19.6. The van der Waals surface area contributed by atoms with Crippen molar-refractivity contribution >= 4 is 0 Å². The summed E-state index contributed by atoms with van der Waals surface area (Å²) < 4.78 is 0. The van der Waals surface area contributed by atoms with Crippen molar-refractivity contribution in [3.63, 3.8) is 0 Å². The Morgan fingerprint density at radius 1 is 0.209 bits per heavy atom. The Kier molecular flexibility index (Phi) is 27.8. The molecule has 0 spiro atoms. The molecule has 258 valence electrons. The van der Waals surface area contributed by atoms with Gasteiger partial charge in [0.15, 0.2) is 0 Å². The van der Waals surface area contributed by atoms with Gasteiger partial charge in [0.05, 0.1) is 26.4 Å². The number of rotatable bonds is 4. The molecule has 0 bridgehead atoms. The Morgan fingerprint density at radius 2 is 0.326 bits per heavy atom. The van der Waals surface area contributed by atoms with Crippen molar-refractivity contribution < 1.29 is 20.4 Å². The van der Waals surface area contributed by atoms with E-state index in [0.29, 0.717) is 12.8 Å². The van der Waals surface area contributed by atoms with Gasteiger partial charge in [-0.2, -0.15) is 0 Å². The summed E-state index contributed by atoms with van der Waals surface area (Å²) in [4.78, 5) is 0. The fourth-order valence-electron chi connectivity index (χ4n) is 7.67. The van der Waals surface area contributed by atoms with E-state index in [1.54, 1.807) is 0 Å². The molecule has 1 rings (SSSR count). The molecule has 0 aromatic heterocycles. The molecule has 0 heterocycles. The zero-order valence-electron chi connectivity index (χ0n) is 29.0. The molecule has 0 aromatic rings. The van der Waals surface area contributed by atoms with E-state index in [1.807, 2.05) is 0 Å². The second kappa shape index (κ2) is 29.3. The highest BCUT2D eigenvalue weighted by atomic mass is 16.3. The third-order valence-electron chi connectivity index (χ3n) is 11.1. The fourth-order valence-corrected chi connectivity index (χ4v) is 7.67. The molecule has 1 fully saturated rings. The molecule has 0 saturated heterocycles. The lowest BCUT2D eigenvalue weighted by molar-refractivity contribution is -0.124. The third-order valence-corrected chi connectivity index (χ3v) is 11.1. The molecule has 0 aliphatic heterocycles. The van der Waals surface area contributed by atoms with Crippen molar-refractivity contribution in [3.05, 3.63) is 0 Å². The van der Waals surface area contributed by atoms with Crippen LogP contribution in [0.2, 0.25) is 0 Å². The van der Waals surface area contributed by atoms with Crippen molar-refractivity contribution in [1.29, 1.82) is 0 Å². The molecule has 1 aliphatic rings. The summed E-state index contributed by atoms with van der Waals surface area (Å²) in [5, 5.41) is 41.7. The fraction of sp³-hybridized carbons (Fsp3) is 1.00. The van der Waals surface area contributed by atoms with Crippen LogP contribution >= 0.6 is 0 Å². The maximum absolute atomic E-state index is 10.4. The normalized spacial score (nSPS) is 24.3. The van der Waals surface area contributed by atoms with E-state index in [0.717, 1.165) is 25.7 Å². The van der Waals surface area contributed by atoms with Crippen LogP contribution in [0.4, 0.5) is 0 Å². The van der Waals surface area contributed by atoms with Gasteiger partial charge in [0.2, 0.25) is 0 Å². The minimum absolute atomic E-state index is 0.176. The van der Waals surface area contributed by atoms with Crippen molar-refractivity contribution in [3.8, 4) is 0 Å². The Morgan fingerprint density at radius 3 is 0.442 bits per heavy atom. The van der Waals surface area contributed by atoms with E-state index in [4.69, 9.17) is 0 Å². The van der Waals surface area contributed by atoms with Gasteiger partial charge < -0.3 is 20.4 Å². The molecule has 4 nitrogen and oxygen atoms in total. The topological polar surface area (TPSA) is 80.9 Å². The average molecular weight is 611 g/mol. The van der Waals surface area contributed by atoms with Crippen molar-refractivity contribution in [2.75, 3.05) is 26.4 Å². The molecule has 0 aromatic carbocycles. The maximum Gasteiger partial charge on any atom is 0.0516 e. The Labute approximate surface area is 269 Å². The van der Waals surface area contributed by atoms with Crippen LogP contribution in [0.1, 0.15) is 212 Å². The molecule has 0 unspecified atom stereocenters. The van der Waals surface area contributed by atoms with Gasteiger partial charge in [0.25, 0.3) is 0 Å². The van der Waals surface area contributed by atoms with Crippen LogP contribution in [0.25, 0.3) is 0 Å². The van der Waals surface area contributed by atoms with Gasteiger partial charge in [-0.25, -0.2) is 0 Å². The predicted octanol–water partition coefficient (Wildman–Crippen LogP) is 10.8. The lowest BCUT2D eigenvalue weighted by Gasteiger charge is -2.47. The summed E-state index contributed by atoms with van der Waals surface area (Å²) in [6, 6.07) is 0. The van der Waals surface area contributed by atoms with Crippen LogP contribution in [-0.4, -0.2) is 46.9 Å². The van der Waals surface area contributed by atoms with Crippen LogP contribution in [0.15, 0.2) is 0 Å². The molecular weight excluding hydrogens is 532 g/mol. The predicted molar refractivity (Wildman–Crippen MR) is 186 cm³/mol. The second-order valence-electron chi connectivity index (χ2n) is 14.7. The van der Waals surface area contributed by atoms with Gasteiger partial charge in [-0.3, -0.25) is 0 Å². The minimum atomic E-state index is -0.813. The highest BCUT2D eigenvalue weighted by molar-refractivity contribution is 4.97. The van der Waals surface area contributed by atoms with Crippen LogP contribution in [0.5, 0.6) is 0 Å². The minimum Gasteiger partial charge on any atom is -0.396 e. The molecule has 0 radical (unpaired) electrons. The molecule has 43 heavy (non-hydrogen) atoms. The van der Waals surface area contributed by atoms with Gasteiger partial charge in [-0.15, -0.1) is 0 Å². The van der Waals surface area contributed by atoms with Gasteiger partial charge >= 0.3 is 0 Å². The maximum atomic E-state index is 10.4. The summed E-state index contributed by atoms with van der Waals surface area (Å²) in [5.74, 6) is 0. The van der Waals surface area contributed by atoms with Crippen molar-refractivity contribution in [1.82, 2.24) is 0 Å². The molecule has 0 atom stereocenters. The van der Waals surface area contributed by atoms with Crippen molar-refractivity contribution in [2.45, 2.75) is 212 Å². The van der Waals surface area contributed by atoms with Gasteiger partial charge in [-0.05, 0) is 12.8 Å². The Hall–Kier alpha value is -0.160. The van der Waals surface area contributed by atoms with Crippen LogP contribution in [0, 0.1) is 10.8 Å². The summed E-state index contributed by atoms with van der Waals surface area (Å²) >= 11 is 0. The quantitative estimate of drug-likeness (QED) is 0.255. The zero-order valence-corrected chi connectivity index (χ0v) is 29.0. The summed E-state index contributed by atoms with van der Waals surface area (Å²) in [6.07, 6.45) is 42.6. The summed E-state index contributed by atoms with van der Waals surface area (Å²) in [5.41, 5.74) is -1.63. The number of hydrogen-bond acceptors (Lipinski definition) is 4. The lowest BCUT2D eigenvalue weighted by Crippen LogP contribution is -2.52. The number of aliphatic hydroxyl groups is 4. The SMILES string of the molecule is OCC1(CO)CCCCCCCCCCCCCCCCCCCCCCCCCCCCCCCCCC1(CO)CO. The first kappa shape index (κ1) is 40.9. The van der Waals surface area contributed by atoms with Gasteiger partial charge in [-0.1, -0.05) is 199 Å². The average Bonchev–Trinajstić information content (AvgIpc) is 3.03. The Bertz CT molecular complexity index is 509. The standard InChI is InChI=1S/C39H78O4/c40-34-38(35-41)32-30-28-26-24-22-20-18-16-14-12-10-8-6-4-2-1-3-5-7-9-11-13-15-17-19-21-23-25-27-29-31-33-39(38,36-42)37-43/h40-43H,1-37H2. The van der Waals surface area contributed by atoms with E-state index < -0.39 is 10.8 Å². The highest BCUT2D eigenvalue weighted by Gasteiger charge is 2.49. The molecule has 1 saturated carbocycles. The molecule has 1 aliphatic carbocycles. The van der Waals surface area contributed by atoms with Crippen LogP contribution in [0.3, 0.4) is 0 Å². The van der Waals surface area contributed by atoms with E-state index in [2.05, 4.69) is 0 Å². The third kappa shape index (κ3) is 19.2. The van der Waals surface area contributed by atoms with Crippen LogP contribution in [-0.2, 0) is 0 Å². The highest BCUT2D eigenvalue weighted by Crippen LogP contribution is 2.46. The molecule has 4 heteroatoms. The van der Waals surface area contributed by atoms with Gasteiger partial charge in [0.1, 0.15) is 0 Å². The number of hydrogen-bond donors (Lipinski definition) is 4. The smallest absolute Gasteiger partial charge is 0.0516 e. The van der Waals surface area contributed by atoms with Gasteiger partial charge in [0, 0.05) is 10.8 Å². The molecule has 0 amide bonds. The first-order valence-corrected chi connectivity index (χ1v) is 19.6. The van der Waals surface area contributed by atoms with E-state index in [-0.39, 0.29) is 26.4 Å².